The number of aromatic nitrogens is 1. The summed E-state index contributed by atoms with van der Waals surface area (Å²) >= 11 is 0. The summed E-state index contributed by atoms with van der Waals surface area (Å²) in [6.45, 7) is 2.60. The lowest BCUT2D eigenvalue weighted by molar-refractivity contribution is 0.0842. The summed E-state index contributed by atoms with van der Waals surface area (Å²) in [4.78, 5) is 17.7. The fourth-order valence-corrected chi connectivity index (χ4v) is 3.57. The predicted molar refractivity (Wildman–Crippen MR) is 102 cm³/mol. The molecule has 1 atom stereocenters. The zero-order chi connectivity index (χ0) is 17.9. The Bertz CT molecular complexity index is 918. The number of carbonyl (C=O) groups is 1. The van der Waals surface area contributed by atoms with Crippen LogP contribution < -0.4 is 5.32 Å². The second kappa shape index (κ2) is 7.32. The van der Waals surface area contributed by atoms with Gasteiger partial charge in [0, 0.05) is 43.5 Å². The fourth-order valence-electron chi connectivity index (χ4n) is 3.57. The minimum Gasteiger partial charge on any atom is -0.390 e. The summed E-state index contributed by atoms with van der Waals surface area (Å²) in [5, 5.41) is 14.2. The topological polar surface area (TPSA) is 68.4 Å². The summed E-state index contributed by atoms with van der Waals surface area (Å²) in [6, 6.07) is 16.0. The molecule has 1 aliphatic rings. The summed E-state index contributed by atoms with van der Waals surface area (Å²) in [6.07, 6.45) is 2.27. The van der Waals surface area contributed by atoms with Gasteiger partial charge in [-0.25, -0.2) is 0 Å². The molecule has 0 aliphatic carbocycles. The molecule has 1 aromatic heterocycles. The molecule has 1 aliphatic heterocycles. The number of fused-ring (bicyclic) bond motifs is 2. The molecule has 4 rings (SSSR count). The lowest BCUT2D eigenvalue weighted by Crippen LogP contribution is -2.42. The molecule has 5 heteroatoms. The first kappa shape index (κ1) is 16.8. The number of carbonyl (C=O) groups excluding carboxylic acids is 1. The third kappa shape index (κ3) is 3.64. The van der Waals surface area contributed by atoms with E-state index >= 15 is 0 Å². The largest absolute Gasteiger partial charge is 0.390 e. The number of hydrogen-bond acceptors (Lipinski definition) is 3. The second-order valence-electron chi connectivity index (χ2n) is 6.90. The van der Waals surface area contributed by atoms with Crippen molar-refractivity contribution in [3.05, 3.63) is 71.4 Å². The van der Waals surface area contributed by atoms with Crippen LogP contribution in [0.15, 0.2) is 54.7 Å². The summed E-state index contributed by atoms with van der Waals surface area (Å²) in [5.74, 6) is -0.162. The van der Waals surface area contributed by atoms with E-state index in [1.807, 2.05) is 24.4 Å². The van der Waals surface area contributed by atoms with E-state index in [0.29, 0.717) is 12.1 Å². The maximum Gasteiger partial charge on any atom is 0.251 e. The molecule has 3 N–H and O–H groups in total. The Morgan fingerprint density at radius 1 is 1.19 bits per heavy atom. The average Bonchev–Trinajstić information content (AvgIpc) is 3.14. The quantitative estimate of drug-likeness (QED) is 0.662. The minimum absolute atomic E-state index is 0.162. The van der Waals surface area contributed by atoms with Crippen LogP contribution in [0.25, 0.3) is 10.9 Å². The first-order chi connectivity index (χ1) is 12.7. The van der Waals surface area contributed by atoms with Gasteiger partial charge in [-0.15, -0.1) is 0 Å². The van der Waals surface area contributed by atoms with Crippen LogP contribution in [0.4, 0.5) is 0 Å². The molecule has 2 aromatic carbocycles. The van der Waals surface area contributed by atoms with Gasteiger partial charge in [0.1, 0.15) is 0 Å². The van der Waals surface area contributed by atoms with Crippen molar-refractivity contribution >= 4 is 16.8 Å². The third-order valence-electron chi connectivity index (χ3n) is 4.99. The fraction of sp³-hybridized carbons (Fsp3) is 0.286. The Balaban J connectivity index is 1.30. The van der Waals surface area contributed by atoms with E-state index in [-0.39, 0.29) is 12.5 Å². The van der Waals surface area contributed by atoms with E-state index in [1.165, 1.54) is 11.1 Å². The molecule has 3 aromatic rings. The van der Waals surface area contributed by atoms with Crippen molar-refractivity contribution in [1.82, 2.24) is 15.2 Å². The van der Waals surface area contributed by atoms with Gasteiger partial charge >= 0.3 is 0 Å². The SMILES string of the molecule is O=C(NCC(O)CN1CCc2ccccc2C1)c1ccc2cc[nH]c2c1. The lowest BCUT2D eigenvalue weighted by Gasteiger charge is -2.30. The van der Waals surface area contributed by atoms with E-state index < -0.39 is 6.10 Å². The molecule has 1 amide bonds. The Labute approximate surface area is 152 Å². The highest BCUT2D eigenvalue weighted by molar-refractivity contribution is 5.97. The van der Waals surface area contributed by atoms with Crippen molar-refractivity contribution in [2.24, 2.45) is 0 Å². The van der Waals surface area contributed by atoms with Crippen LogP contribution in [0, 0.1) is 0 Å². The van der Waals surface area contributed by atoms with Crippen LogP contribution in [0.2, 0.25) is 0 Å². The molecule has 0 radical (unpaired) electrons. The van der Waals surface area contributed by atoms with Crippen molar-refractivity contribution in [2.75, 3.05) is 19.6 Å². The molecule has 0 saturated carbocycles. The Morgan fingerprint density at radius 2 is 2.04 bits per heavy atom. The summed E-state index contributed by atoms with van der Waals surface area (Å²) < 4.78 is 0. The maximum atomic E-state index is 12.3. The van der Waals surface area contributed by atoms with Crippen LogP contribution in [0.5, 0.6) is 0 Å². The van der Waals surface area contributed by atoms with Gasteiger partial charge in [0.15, 0.2) is 0 Å². The van der Waals surface area contributed by atoms with Crippen molar-refractivity contribution in [3.8, 4) is 0 Å². The third-order valence-corrected chi connectivity index (χ3v) is 4.99. The van der Waals surface area contributed by atoms with E-state index in [2.05, 4.69) is 39.5 Å². The second-order valence-corrected chi connectivity index (χ2v) is 6.90. The van der Waals surface area contributed by atoms with E-state index in [4.69, 9.17) is 0 Å². The van der Waals surface area contributed by atoms with Crippen LogP contribution in [0.1, 0.15) is 21.5 Å². The molecule has 5 nitrogen and oxygen atoms in total. The number of nitrogens with one attached hydrogen (secondary N) is 2. The summed E-state index contributed by atoms with van der Waals surface area (Å²) in [7, 11) is 0. The van der Waals surface area contributed by atoms with Gasteiger partial charge in [0.05, 0.1) is 6.10 Å². The smallest absolute Gasteiger partial charge is 0.251 e. The monoisotopic (exact) mass is 349 g/mol. The molecule has 134 valence electrons. The zero-order valence-electron chi connectivity index (χ0n) is 14.6. The van der Waals surface area contributed by atoms with Gasteiger partial charge in [-0.3, -0.25) is 9.69 Å². The van der Waals surface area contributed by atoms with Gasteiger partial charge < -0.3 is 15.4 Å². The van der Waals surface area contributed by atoms with E-state index in [0.717, 1.165) is 30.4 Å². The molecular weight excluding hydrogens is 326 g/mol. The van der Waals surface area contributed by atoms with Crippen LogP contribution in [-0.4, -0.2) is 46.6 Å². The number of amides is 1. The molecule has 0 fully saturated rings. The molecular formula is C21H23N3O2. The Kier molecular flexibility index (Phi) is 4.73. The number of H-pyrrole nitrogens is 1. The standard InChI is InChI=1S/C21H23N3O2/c25-19(14-24-10-8-15-3-1-2-4-18(15)13-24)12-23-21(26)17-6-5-16-7-9-22-20(16)11-17/h1-7,9,11,19,22,25H,8,10,12-14H2,(H,23,26). The predicted octanol–water partition coefficient (Wildman–Crippen LogP) is 2.32. The number of β-amino-alcohol motifs (C(OH)–C–C–N with tert-alkyl or cyclic N) is 1. The van der Waals surface area contributed by atoms with E-state index in [9.17, 15) is 9.90 Å². The molecule has 26 heavy (non-hydrogen) atoms. The highest BCUT2D eigenvalue weighted by atomic mass is 16.3. The van der Waals surface area contributed by atoms with E-state index in [1.54, 1.807) is 6.07 Å². The van der Waals surface area contributed by atoms with Gasteiger partial charge in [-0.1, -0.05) is 30.3 Å². The van der Waals surface area contributed by atoms with Gasteiger partial charge in [-0.2, -0.15) is 0 Å². The zero-order valence-corrected chi connectivity index (χ0v) is 14.6. The minimum atomic E-state index is -0.585. The number of aliphatic hydroxyl groups is 1. The van der Waals surface area contributed by atoms with Crippen LogP contribution in [-0.2, 0) is 13.0 Å². The van der Waals surface area contributed by atoms with Crippen molar-refractivity contribution < 1.29 is 9.90 Å². The first-order valence-corrected chi connectivity index (χ1v) is 9.01. The highest BCUT2D eigenvalue weighted by Gasteiger charge is 2.19. The molecule has 2 heterocycles. The number of aromatic amines is 1. The molecule has 0 saturated heterocycles. The normalized spacial score (nSPS) is 15.6. The molecule has 0 spiro atoms. The first-order valence-electron chi connectivity index (χ1n) is 9.01. The average molecular weight is 349 g/mol. The van der Waals surface area contributed by atoms with Crippen LogP contribution >= 0.6 is 0 Å². The van der Waals surface area contributed by atoms with Crippen molar-refractivity contribution in [3.63, 3.8) is 0 Å². The van der Waals surface area contributed by atoms with Gasteiger partial charge in [0.2, 0.25) is 0 Å². The van der Waals surface area contributed by atoms with Gasteiger partial charge in [-0.05, 0) is 41.1 Å². The number of benzene rings is 2. The molecule has 1 unspecified atom stereocenters. The van der Waals surface area contributed by atoms with Crippen molar-refractivity contribution in [1.29, 1.82) is 0 Å². The number of nitrogens with zero attached hydrogens (tertiary/aromatic N) is 1. The van der Waals surface area contributed by atoms with Gasteiger partial charge in [0.25, 0.3) is 5.91 Å². The number of rotatable bonds is 5. The Morgan fingerprint density at radius 3 is 2.92 bits per heavy atom. The summed E-state index contributed by atoms with van der Waals surface area (Å²) in [5.41, 5.74) is 4.25. The molecule has 0 bridgehead atoms. The highest BCUT2D eigenvalue weighted by Crippen LogP contribution is 2.18. The maximum absolute atomic E-state index is 12.3. The number of aliphatic hydroxyl groups excluding tert-OH is 1. The Hall–Kier alpha value is -2.63. The van der Waals surface area contributed by atoms with Crippen LogP contribution in [0.3, 0.4) is 0 Å². The lowest BCUT2D eigenvalue weighted by atomic mass is 10.00. The van der Waals surface area contributed by atoms with Crippen molar-refractivity contribution in [2.45, 2.75) is 19.1 Å². The number of hydrogen-bond donors (Lipinski definition) is 3.